The number of halogens is 1. The van der Waals surface area contributed by atoms with Crippen LogP contribution >= 0.6 is 11.6 Å². The molecule has 0 atom stereocenters. The van der Waals surface area contributed by atoms with Crippen molar-refractivity contribution in [3.05, 3.63) is 39.7 Å². The minimum absolute atomic E-state index is 0.0239. The highest BCUT2D eigenvalue weighted by Gasteiger charge is 2.08. The van der Waals surface area contributed by atoms with Gasteiger partial charge in [-0.15, -0.1) is 0 Å². The molecule has 0 aliphatic heterocycles. The van der Waals surface area contributed by atoms with Gasteiger partial charge in [0, 0.05) is 12.5 Å². The monoisotopic (exact) mass is 252 g/mol. The van der Waals surface area contributed by atoms with Crippen LogP contribution in [0.4, 0.5) is 0 Å². The fourth-order valence-corrected chi connectivity index (χ4v) is 1.50. The molecule has 88 valence electrons. The second-order valence-electron chi connectivity index (χ2n) is 3.40. The minimum Gasteiger partial charge on any atom is -0.462 e. The maximum absolute atomic E-state index is 11.6. The second-order valence-corrected chi connectivity index (χ2v) is 3.81. The van der Waals surface area contributed by atoms with Crippen LogP contribution in [0.25, 0.3) is 11.0 Å². The Hall–Kier alpha value is -1.81. The van der Waals surface area contributed by atoms with Crippen molar-refractivity contribution in [3.63, 3.8) is 0 Å². The molecule has 0 aliphatic carbocycles. The van der Waals surface area contributed by atoms with Crippen LogP contribution in [0.3, 0.4) is 0 Å². The van der Waals surface area contributed by atoms with Gasteiger partial charge < -0.3 is 9.15 Å². The van der Waals surface area contributed by atoms with E-state index in [9.17, 15) is 9.59 Å². The summed E-state index contributed by atoms with van der Waals surface area (Å²) >= 11 is 5.64. The van der Waals surface area contributed by atoms with Crippen LogP contribution in [0.2, 0.25) is 5.02 Å². The molecule has 0 spiro atoms. The Morgan fingerprint density at radius 1 is 1.47 bits per heavy atom. The van der Waals surface area contributed by atoms with E-state index in [0.717, 1.165) is 6.26 Å². The van der Waals surface area contributed by atoms with Gasteiger partial charge in [-0.05, 0) is 12.1 Å². The summed E-state index contributed by atoms with van der Waals surface area (Å²) in [6.07, 6.45) is 1.44. The topological polar surface area (TPSA) is 56.5 Å². The number of ether oxygens (including phenoxy) is 1. The van der Waals surface area contributed by atoms with Gasteiger partial charge in [-0.2, -0.15) is 0 Å². The normalized spacial score (nSPS) is 10.5. The molecule has 0 unspecified atom stereocenters. The Bertz CT molecular complexity index is 630. The van der Waals surface area contributed by atoms with E-state index in [2.05, 4.69) is 0 Å². The molecular formula is C12H9ClO4. The van der Waals surface area contributed by atoms with Gasteiger partial charge >= 0.3 is 5.97 Å². The number of hydrogen-bond acceptors (Lipinski definition) is 4. The summed E-state index contributed by atoms with van der Waals surface area (Å²) in [6.45, 7) is 1.70. The highest BCUT2D eigenvalue weighted by molar-refractivity contribution is 6.30. The smallest absolute Gasteiger partial charge is 0.310 e. The van der Waals surface area contributed by atoms with Crippen LogP contribution in [0, 0.1) is 0 Å². The molecular weight excluding hydrogens is 244 g/mol. The van der Waals surface area contributed by atoms with Gasteiger partial charge in [0.2, 0.25) is 5.43 Å². The molecule has 0 aliphatic rings. The van der Waals surface area contributed by atoms with Crippen molar-refractivity contribution in [1.29, 1.82) is 0 Å². The van der Waals surface area contributed by atoms with Crippen LogP contribution in [0.5, 0.6) is 5.75 Å². The molecule has 1 aromatic heterocycles. The van der Waals surface area contributed by atoms with E-state index in [1.54, 1.807) is 6.92 Å². The molecule has 0 radical (unpaired) electrons. The summed E-state index contributed by atoms with van der Waals surface area (Å²) in [7, 11) is 0. The third-order valence-corrected chi connectivity index (χ3v) is 2.49. The maximum Gasteiger partial charge on any atom is 0.310 e. The lowest BCUT2D eigenvalue weighted by atomic mass is 10.2. The number of fused-ring (bicyclic) bond motifs is 1. The highest BCUT2D eigenvalue weighted by atomic mass is 35.5. The Morgan fingerprint density at radius 2 is 2.24 bits per heavy atom. The summed E-state index contributed by atoms with van der Waals surface area (Å²) < 4.78 is 10.2. The first kappa shape index (κ1) is 11.7. The number of rotatable bonds is 2. The molecule has 0 bridgehead atoms. The van der Waals surface area contributed by atoms with Gasteiger partial charge in [-0.1, -0.05) is 18.5 Å². The zero-order valence-electron chi connectivity index (χ0n) is 9.03. The van der Waals surface area contributed by atoms with Crippen molar-refractivity contribution in [3.8, 4) is 5.75 Å². The molecule has 1 aromatic carbocycles. The SMILES string of the molecule is CCC(=O)Oc1ccc2c(=O)c(Cl)coc2c1. The first-order chi connectivity index (χ1) is 8.11. The molecule has 0 amide bonds. The van der Waals surface area contributed by atoms with E-state index < -0.39 is 0 Å². The summed E-state index contributed by atoms with van der Waals surface area (Å²) in [5.41, 5.74) is 0.0297. The molecule has 0 saturated heterocycles. The third kappa shape index (κ3) is 2.31. The Morgan fingerprint density at radius 3 is 2.94 bits per heavy atom. The summed E-state index contributed by atoms with van der Waals surface area (Å²) in [4.78, 5) is 22.7. The van der Waals surface area contributed by atoms with Gasteiger partial charge in [0.1, 0.15) is 22.6 Å². The number of hydrogen-bond donors (Lipinski definition) is 0. The van der Waals surface area contributed by atoms with Crippen molar-refractivity contribution >= 4 is 28.5 Å². The van der Waals surface area contributed by atoms with E-state index in [-0.39, 0.29) is 22.8 Å². The number of carbonyl (C=O) groups excluding carboxylic acids is 1. The van der Waals surface area contributed by atoms with Gasteiger partial charge in [0.15, 0.2) is 0 Å². The molecule has 0 N–H and O–H groups in total. The standard InChI is InChI=1S/C12H9ClO4/c1-2-11(14)17-7-3-4-8-10(5-7)16-6-9(13)12(8)15/h3-6H,2H2,1H3. The lowest BCUT2D eigenvalue weighted by Gasteiger charge is -2.03. The van der Waals surface area contributed by atoms with E-state index in [1.807, 2.05) is 0 Å². The van der Waals surface area contributed by atoms with Crippen LogP contribution in [-0.2, 0) is 4.79 Å². The van der Waals surface area contributed by atoms with E-state index in [1.165, 1.54) is 18.2 Å². The van der Waals surface area contributed by atoms with Crippen molar-refractivity contribution in [2.24, 2.45) is 0 Å². The maximum atomic E-state index is 11.6. The minimum atomic E-state index is -0.347. The lowest BCUT2D eigenvalue weighted by Crippen LogP contribution is -2.06. The van der Waals surface area contributed by atoms with Crippen molar-refractivity contribution in [2.75, 3.05) is 0 Å². The lowest BCUT2D eigenvalue weighted by molar-refractivity contribution is -0.134. The number of carbonyl (C=O) groups is 1. The first-order valence-electron chi connectivity index (χ1n) is 5.03. The van der Waals surface area contributed by atoms with Gasteiger partial charge in [-0.3, -0.25) is 9.59 Å². The largest absolute Gasteiger partial charge is 0.462 e. The van der Waals surface area contributed by atoms with Gasteiger partial charge in [0.05, 0.1) is 5.39 Å². The predicted molar refractivity (Wildman–Crippen MR) is 63.4 cm³/mol. The highest BCUT2D eigenvalue weighted by Crippen LogP contribution is 2.20. The summed E-state index contributed by atoms with van der Waals surface area (Å²) in [5.74, 6) is -0.00418. The zero-order chi connectivity index (χ0) is 12.4. The molecule has 0 saturated carbocycles. The van der Waals surface area contributed by atoms with Crippen LogP contribution in [0.1, 0.15) is 13.3 Å². The van der Waals surface area contributed by atoms with Crippen molar-refractivity contribution in [2.45, 2.75) is 13.3 Å². The van der Waals surface area contributed by atoms with Crippen molar-refractivity contribution < 1.29 is 13.9 Å². The Kier molecular flexibility index (Phi) is 3.15. The molecule has 0 fully saturated rings. The van der Waals surface area contributed by atoms with E-state index >= 15 is 0 Å². The first-order valence-corrected chi connectivity index (χ1v) is 5.41. The summed E-state index contributed by atoms with van der Waals surface area (Å²) in [6, 6.07) is 4.54. The van der Waals surface area contributed by atoms with Gasteiger partial charge in [-0.25, -0.2) is 0 Å². The average molecular weight is 253 g/mol. The molecule has 2 rings (SSSR count). The molecule has 2 aromatic rings. The van der Waals surface area contributed by atoms with Crippen LogP contribution in [-0.4, -0.2) is 5.97 Å². The quantitative estimate of drug-likeness (QED) is 0.609. The zero-order valence-corrected chi connectivity index (χ0v) is 9.78. The number of esters is 1. The molecule has 5 heteroatoms. The van der Waals surface area contributed by atoms with Gasteiger partial charge in [0.25, 0.3) is 0 Å². The summed E-state index contributed by atoms with van der Waals surface area (Å²) in [5, 5.41) is 0.379. The Balaban J connectivity index is 2.49. The van der Waals surface area contributed by atoms with E-state index in [4.69, 9.17) is 20.8 Å². The van der Waals surface area contributed by atoms with E-state index in [0.29, 0.717) is 16.7 Å². The predicted octanol–water partition coefficient (Wildman–Crippen LogP) is 2.76. The molecule has 1 heterocycles. The Labute approximate surface area is 102 Å². The van der Waals surface area contributed by atoms with Crippen LogP contribution in [0.15, 0.2) is 33.7 Å². The molecule has 4 nitrogen and oxygen atoms in total. The average Bonchev–Trinajstić information content (AvgIpc) is 2.34. The van der Waals surface area contributed by atoms with Crippen molar-refractivity contribution in [1.82, 2.24) is 0 Å². The van der Waals surface area contributed by atoms with Crippen LogP contribution < -0.4 is 10.2 Å². The fraction of sp³-hybridized carbons (Fsp3) is 0.167. The number of benzene rings is 1. The second kappa shape index (κ2) is 4.59. The third-order valence-electron chi connectivity index (χ3n) is 2.22. The fourth-order valence-electron chi connectivity index (χ4n) is 1.35. The molecule has 17 heavy (non-hydrogen) atoms.